The van der Waals surface area contributed by atoms with Crippen molar-refractivity contribution in [2.24, 2.45) is 0 Å². The third kappa shape index (κ3) is 2.45. The Bertz CT molecular complexity index is 301. The minimum absolute atomic E-state index is 0.0332. The third-order valence-corrected chi connectivity index (χ3v) is 2.18. The van der Waals surface area contributed by atoms with Gasteiger partial charge in [-0.3, -0.25) is 0 Å². The van der Waals surface area contributed by atoms with Crippen LogP contribution >= 0.6 is 0 Å². The fraction of sp³-hybridized carbons (Fsp3) is 0.455. The van der Waals surface area contributed by atoms with E-state index in [1.807, 2.05) is 13.8 Å². The van der Waals surface area contributed by atoms with Gasteiger partial charge in [-0.15, -0.1) is 0 Å². The van der Waals surface area contributed by atoms with Crippen LogP contribution in [0.2, 0.25) is 0 Å². The maximum Gasteiger partial charge on any atom is 0.131 e. The zero-order valence-corrected chi connectivity index (χ0v) is 8.80. The van der Waals surface area contributed by atoms with Gasteiger partial charge in [0.25, 0.3) is 0 Å². The normalized spacial score (nSPS) is 12.6. The first-order valence-corrected chi connectivity index (χ1v) is 4.75. The van der Waals surface area contributed by atoms with E-state index in [2.05, 4.69) is 5.32 Å². The predicted octanol–water partition coefficient (Wildman–Crippen LogP) is 2.50. The Morgan fingerprint density at radius 3 is 2.71 bits per heavy atom. The monoisotopic (exact) mass is 197 g/mol. The largest absolute Gasteiger partial charge is 0.497 e. The molecule has 0 bridgehead atoms. The molecule has 0 aromatic heterocycles. The van der Waals surface area contributed by atoms with E-state index in [1.54, 1.807) is 12.1 Å². The van der Waals surface area contributed by atoms with Crippen LogP contribution in [0, 0.1) is 5.82 Å². The van der Waals surface area contributed by atoms with Gasteiger partial charge >= 0.3 is 0 Å². The Labute approximate surface area is 84.1 Å². The van der Waals surface area contributed by atoms with Crippen LogP contribution in [0.4, 0.5) is 4.39 Å². The van der Waals surface area contributed by atoms with Crippen LogP contribution in [0.5, 0.6) is 5.75 Å². The van der Waals surface area contributed by atoms with Crippen LogP contribution in [-0.2, 0) is 0 Å². The Balaban J connectivity index is 2.88. The molecule has 0 fully saturated rings. The van der Waals surface area contributed by atoms with Crippen molar-refractivity contribution in [2.45, 2.75) is 19.9 Å². The molecule has 1 aromatic carbocycles. The van der Waals surface area contributed by atoms with E-state index < -0.39 is 0 Å². The molecule has 0 aliphatic carbocycles. The molecule has 0 spiro atoms. The van der Waals surface area contributed by atoms with Crippen LogP contribution in [-0.4, -0.2) is 13.7 Å². The smallest absolute Gasteiger partial charge is 0.131 e. The number of benzene rings is 1. The van der Waals surface area contributed by atoms with Gasteiger partial charge in [0.1, 0.15) is 11.6 Å². The molecule has 0 amide bonds. The van der Waals surface area contributed by atoms with Crippen molar-refractivity contribution in [3.05, 3.63) is 29.6 Å². The quantitative estimate of drug-likeness (QED) is 0.800. The van der Waals surface area contributed by atoms with Crippen molar-refractivity contribution in [3.8, 4) is 5.75 Å². The maximum absolute atomic E-state index is 13.5. The van der Waals surface area contributed by atoms with Gasteiger partial charge in [-0.2, -0.15) is 0 Å². The zero-order chi connectivity index (χ0) is 10.6. The molecule has 0 heterocycles. The van der Waals surface area contributed by atoms with Crippen molar-refractivity contribution in [1.82, 2.24) is 5.32 Å². The van der Waals surface area contributed by atoms with Crippen LogP contribution in [0.1, 0.15) is 25.5 Å². The van der Waals surface area contributed by atoms with Gasteiger partial charge < -0.3 is 10.1 Å². The van der Waals surface area contributed by atoms with E-state index in [9.17, 15) is 4.39 Å². The molecule has 1 atom stereocenters. The summed E-state index contributed by atoms with van der Waals surface area (Å²) >= 11 is 0. The average Bonchev–Trinajstić information content (AvgIpc) is 2.17. The molecule has 0 aliphatic rings. The number of rotatable bonds is 4. The highest BCUT2D eigenvalue weighted by Crippen LogP contribution is 2.21. The predicted molar refractivity (Wildman–Crippen MR) is 55.0 cm³/mol. The zero-order valence-electron chi connectivity index (χ0n) is 8.80. The lowest BCUT2D eigenvalue weighted by molar-refractivity contribution is 0.409. The highest BCUT2D eigenvalue weighted by Gasteiger charge is 2.09. The maximum atomic E-state index is 13.5. The van der Waals surface area contributed by atoms with E-state index in [0.717, 1.165) is 6.54 Å². The van der Waals surface area contributed by atoms with Gasteiger partial charge in [0, 0.05) is 17.7 Å². The molecule has 1 rings (SSSR count). The summed E-state index contributed by atoms with van der Waals surface area (Å²) < 4.78 is 18.4. The molecule has 1 N–H and O–H groups in total. The minimum atomic E-state index is -0.224. The first-order chi connectivity index (χ1) is 6.69. The molecule has 1 aromatic rings. The minimum Gasteiger partial charge on any atom is -0.497 e. The van der Waals surface area contributed by atoms with E-state index in [0.29, 0.717) is 11.3 Å². The van der Waals surface area contributed by atoms with Gasteiger partial charge in [-0.1, -0.05) is 13.0 Å². The molecule has 0 saturated heterocycles. The molecule has 2 nitrogen and oxygen atoms in total. The summed E-state index contributed by atoms with van der Waals surface area (Å²) in [5.41, 5.74) is 0.674. The average molecular weight is 197 g/mol. The molecular formula is C11H16FNO. The number of ether oxygens (including phenoxy) is 1. The first kappa shape index (κ1) is 11.0. The molecule has 0 radical (unpaired) electrons. The SMILES string of the molecule is CCNC(C)c1ccc(OC)cc1F. The summed E-state index contributed by atoms with van der Waals surface area (Å²) in [6, 6.07) is 4.96. The molecule has 1 unspecified atom stereocenters. The lowest BCUT2D eigenvalue weighted by atomic mass is 10.1. The number of hydrogen-bond donors (Lipinski definition) is 1. The fourth-order valence-electron chi connectivity index (χ4n) is 1.40. The molecule has 3 heteroatoms. The number of hydrogen-bond acceptors (Lipinski definition) is 2. The van der Waals surface area contributed by atoms with Crippen LogP contribution in [0.15, 0.2) is 18.2 Å². The van der Waals surface area contributed by atoms with Gasteiger partial charge in [0.05, 0.1) is 7.11 Å². The van der Waals surface area contributed by atoms with Crippen molar-refractivity contribution < 1.29 is 9.13 Å². The van der Waals surface area contributed by atoms with Crippen molar-refractivity contribution >= 4 is 0 Å². The van der Waals surface area contributed by atoms with E-state index in [4.69, 9.17) is 4.74 Å². The van der Waals surface area contributed by atoms with Crippen molar-refractivity contribution in [3.63, 3.8) is 0 Å². The van der Waals surface area contributed by atoms with Gasteiger partial charge in [0.2, 0.25) is 0 Å². The topological polar surface area (TPSA) is 21.3 Å². The summed E-state index contributed by atoms with van der Waals surface area (Å²) in [7, 11) is 1.53. The molecular weight excluding hydrogens is 181 g/mol. The van der Waals surface area contributed by atoms with E-state index in [1.165, 1.54) is 13.2 Å². The Morgan fingerprint density at radius 2 is 2.21 bits per heavy atom. The standard InChI is InChI=1S/C11H16FNO/c1-4-13-8(2)10-6-5-9(14-3)7-11(10)12/h5-8,13H,4H2,1-3H3. The summed E-state index contributed by atoms with van der Waals surface area (Å²) in [4.78, 5) is 0. The summed E-state index contributed by atoms with van der Waals surface area (Å²) in [6.07, 6.45) is 0. The number of methoxy groups -OCH3 is 1. The Morgan fingerprint density at radius 1 is 1.50 bits per heavy atom. The molecule has 78 valence electrons. The Hall–Kier alpha value is -1.09. The van der Waals surface area contributed by atoms with E-state index in [-0.39, 0.29) is 11.9 Å². The molecule has 0 aliphatic heterocycles. The van der Waals surface area contributed by atoms with Crippen LogP contribution < -0.4 is 10.1 Å². The second kappa shape index (κ2) is 4.96. The lowest BCUT2D eigenvalue weighted by Gasteiger charge is -2.14. The third-order valence-electron chi connectivity index (χ3n) is 2.18. The van der Waals surface area contributed by atoms with Gasteiger partial charge in [-0.25, -0.2) is 4.39 Å². The second-order valence-corrected chi connectivity index (χ2v) is 3.17. The fourth-order valence-corrected chi connectivity index (χ4v) is 1.40. The number of halogens is 1. The number of nitrogens with one attached hydrogen (secondary N) is 1. The summed E-state index contributed by atoms with van der Waals surface area (Å²) in [5.74, 6) is 0.327. The lowest BCUT2D eigenvalue weighted by Crippen LogP contribution is -2.18. The first-order valence-electron chi connectivity index (χ1n) is 4.75. The van der Waals surface area contributed by atoms with E-state index >= 15 is 0 Å². The van der Waals surface area contributed by atoms with Crippen molar-refractivity contribution in [2.75, 3.05) is 13.7 Å². The van der Waals surface area contributed by atoms with Crippen molar-refractivity contribution in [1.29, 1.82) is 0 Å². The van der Waals surface area contributed by atoms with Crippen LogP contribution in [0.3, 0.4) is 0 Å². The second-order valence-electron chi connectivity index (χ2n) is 3.17. The summed E-state index contributed by atoms with van der Waals surface area (Å²) in [6.45, 7) is 4.76. The molecule has 14 heavy (non-hydrogen) atoms. The van der Waals surface area contributed by atoms with Crippen LogP contribution in [0.25, 0.3) is 0 Å². The molecule has 0 saturated carbocycles. The Kier molecular flexibility index (Phi) is 3.89. The summed E-state index contributed by atoms with van der Waals surface area (Å²) in [5, 5.41) is 3.16. The highest BCUT2D eigenvalue weighted by atomic mass is 19.1. The van der Waals surface area contributed by atoms with Gasteiger partial charge in [-0.05, 0) is 19.5 Å². The van der Waals surface area contributed by atoms with Gasteiger partial charge in [0.15, 0.2) is 0 Å². The highest BCUT2D eigenvalue weighted by molar-refractivity contribution is 5.30.